The van der Waals surface area contributed by atoms with E-state index in [0.717, 1.165) is 25.7 Å². The minimum absolute atomic E-state index is 0.325. The molecule has 1 radical (unpaired) electrons. The van der Waals surface area contributed by atoms with Crippen molar-refractivity contribution in [1.29, 1.82) is 0 Å². The molecule has 0 aliphatic heterocycles. The molecule has 0 fully saturated rings. The Bertz CT molecular complexity index is 382. The third-order valence-electron chi connectivity index (χ3n) is 2.73. The summed E-state index contributed by atoms with van der Waals surface area (Å²) in [5, 5.41) is 0. The summed E-state index contributed by atoms with van der Waals surface area (Å²) in [6.07, 6.45) is 3.63. The fourth-order valence-electron chi connectivity index (χ4n) is 1.46. The van der Waals surface area contributed by atoms with Crippen molar-refractivity contribution in [3.63, 3.8) is 0 Å². The normalized spacial score (nSPS) is 10.1. The van der Waals surface area contributed by atoms with E-state index < -0.39 is 5.97 Å². The van der Waals surface area contributed by atoms with Crippen LogP contribution in [0.5, 0.6) is 0 Å². The molecule has 1 aromatic rings. The van der Waals surface area contributed by atoms with Crippen molar-refractivity contribution < 1.29 is 19.1 Å². The standard InChI is InChI=1S/C16H21O4/c1-3-5-11-19-15(17)13-7-9-14(10-8-13)16(18)20-12-6-4-2/h7-9H,3-6,11-12H2,1-2H3. The molecule has 0 spiro atoms. The number of carbonyl (C=O) groups is 2. The molecule has 109 valence electrons. The second-order valence-electron chi connectivity index (χ2n) is 4.47. The molecule has 0 N–H and O–H groups in total. The van der Waals surface area contributed by atoms with E-state index in [9.17, 15) is 9.59 Å². The van der Waals surface area contributed by atoms with Crippen LogP contribution < -0.4 is 0 Å². The summed E-state index contributed by atoms with van der Waals surface area (Å²) >= 11 is 0. The SMILES string of the molecule is CCCCOC(=O)c1[c]cc(C(=O)OCCCC)cc1. The maximum atomic E-state index is 11.7. The average molecular weight is 277 g/mol. The maximum Gasteiger partial charge on any atom is 0.338 e. The van der Waals surface area contributed by atoms with E-state index in [1.165, 1.54) is 12.1 Å². The Morgan fingerprint density at radius 1 is 1.00 bits per heavy atom. The summed E-state index contributed by atoms with van der Waals surface area (Å²) in [5.41, 5.74) is 0.720. The minimum atomic E-state index is -0.413. The summed E-state index contributed by atoms with van der Waals surface area (Å²) in [6.45, 7) is 4.87. The van der Waals surface area contributed by atoms with E-state index in [1.807, 2.05) is 13.8 Å². The summed E-state index contributed by atoms with van der Waals surface area (Å²) < 4.78 is 10.1. The topological polar surface area (TPSA) is 52.6 Å². The fraction of sp³-hybridized carbons (Fsp3) is 0.500. The Morgan fingerprint density at radius 2 is 1.60 bits per heavy atom. The van der Waals surface area contributed by atoms with E-state index in [0.29, 0.717) is 24.3 Å². The van der Waals surface area contributed by atoms with Crippen molar-refractivity contribution in [2.45, 2.75) is 39.5 Å². The van der Waals surface area contributed by atoms with Crippen LogP contribution in [0.1, 0.15) is 60.2 Å². The highest BCUT2D eigenvalue weighted by atomic mass is 16.5. The van der Waals surface area contributed by atoms with Crippen molar-refractivity contribution in [3.8, 4) is 0 Å². The highest BCUT2D eigenvalue weighted by molar-refractivity contribution is 5.93. The summed E-state index contributed by atoms with van der Waals surface area (Å²) in [5.74, 6) is -0.801. The Kier molecular flexibility index (Phi) is 7.40. The zero-order valence-electron chi connectivity index (χ0n) is 12.1. The molecule has 0 aliphatic rings. The molecule has 0 aliphatic carbocycles. The van der Waals surface area contributed by atoms with Gasteiger partial charge in [0.15, 0.2) is 0 Å². The molecule has 0 saturated carbocycles. The molecule has 4 nitrogen and oxygen atoms in total. The smallest absolute Gasteiger partial charge is 0.338 e. The summed E-state index contributed by atoms with van der Waals surface area (Å²) in [4.78, 5) is 23.3. The lowest BCUT2D eigenvalue weighted by Gasteiger charge is -2.05. The Morgan fingerprint density at radius 3 is 2.10 bits per heavy atom. The summed E-state index contributed by atoms with van der Waals surface area (Å²) in [6, 6.07) is 7.31. The van der Waals surface area contributed by atoms with E-state index in [2.05, 4.69) is 6.07 Å². The van der Waals surface area contributed by atoms with Gasteiger partial charge in [0.1, 0.15) is 0 Å². The first-order chi connectivity index (χ1) is 9.69. The lowest BCUT2D eigenvalue weighted by Crippen LogP contribution is -2.09. The minimum Gasteiger partial charge on any atom is -0.462 e. The number of hydrogen-bond acceptors (Lipinski definition) is 4. The van der Waals surface area contributed by atoms with Gasteiger partial charge in [-0.3, -0.25) is 0 Å². The van der Waals surface area contributed by atoms with Gasteiger partial charge in [-0.1, -0.05) is 26.7 Å². The van der Waals surface area contributed by atoms with Gasteiger partial charge in [-0.2, -0.15) is 0 Å². The highest BCUT2D eigenvalue weighted by Crippen LogP contribution is 2.07. The monoisotopic (exact) mass is 277 g/mol. The van der Waals surface area contributed by atoms with Gasteiger partial charge >= 0.3 is 11.9 Å². The third-order valence-corrected chi connectivity index (χ3v) is 2.73. The van der Waals surface area contributed by atoms with Crippen LogP contribution in [0.25, 0.3) is 0 Å². The quantitative estimate of drug-likeness (QED) is 0.540. The average Bonchev–Trinajstić information content (AvgIpc) is 2.47. The predicted octanol–water partition coefficient (Wildman–Crippen LogP) is 3.40. The van der Waals surface area contributed by atoms with Gasteiger partial charge in [-0.05, 0) is 37.1 Å². The van der Waals surface area contributed by atoms with Crippen LogP contribution in [0.3, 0.4) is 0 Å². The Hall–Kier alpha value is -1.84. The number of carbonyl (C=O) groups excluding carboxylic acids is 2. The number of unbranched alkanes of at least 4 members (excludes halogenated alkanes) is 2. The maximum absolute atomic E-state index is 11.7. The zero-order valence-corrected chi connectivity index (χ0v) is 12.1. The molecule has 0 unspecified atom stereocenters. The van der Waals surface area contributed by atoms with Crippen molar-refractivity contribution in [2.75, 3.05) is 13.2 Å². The van der Waals surface area contributed by atoms with Crippen molar-refractivity contribution in [2.24, 2.45) is 0 Å². The first-order valence-corrected chi connectivity index (χ1v) is 7.05. The number of rotatable bonds is 8. The lowest BCUT2D eigenvalue weighted by molar-refractivity contribution is 0.0485. The Balaban J connectivity index is 2.50. The van der Waals surface area contributed by atoms with Crippen LogP contribution in [-0.2, 0) is 9.47 Å². The van der Waals surface area contributed by atoms with Gasteiger partial charge in [-0.25, -0.2) is 9.59 Å². The van der Waals surface area contributed by atoms with Gasteiger partial charge in [0.05, 0.1) is 24.3 Å². The molecular formula is C16H21O4. The number of ether oxygens (including phenoxy) is 2. The molecule has 0 heterocycles. The van der Waals surface area contributed by atoms with Crippen LogP contribution in [0.2, 0.25) is 0 Å². The van der Waals surface area contributed by atoms with Gasteiger partial charge in [0.2, 0.25) is 0 Å². The molecule has 0 amide bonds. The second kappa shape index (κ2) is 9.13. The molecule has 4 heteroatoms. The molecular weight excluding hydrogens is 256 g/mol. The predicted molar refractivity (Wildman–Crippen MR) is 75.7 cm³/mol. The van der Waals surface area contributed by atoms with Crippen LogP contribution >= 0.6 is 0 Å². The van der Waals surface area contributed by atoms with Crippen LogP contribution in [-0.4, -0.2) is 25.2 Å². The molecule has 0 aromatic heterocycles. The van der Waals surface area contributed by atoms with Crippen molar-refractivity contribution in [3.05, 3.63) is 35.4 Å². The van der Waals surface area contributed by atoms with Crippen LogP contribution in [0.15, 0.2) is 18.2 Å². The van der Waals surface area contributed by atoms with Crippen LogP contribution in [0.4, 0.5) is 0 Å². The second-order valence-corrected chi connectivity index (χ2v) is 4.47. The number of benzene rings is 1. The van der Waals surface area contributed by atoms with Gasteiger partial charge in [-0.15, -0.1) is 0 Å². The van der Waals surface area contributed by atoms with Gasteiger partial charge in [0.25, 0.3) is 0 Å². The van der Waals surface area contributed by atoms with Gasteiger partial charge in [0, 0.05) is 0 Å². The zero-order chi connectivity index (χ0) is 14.8. The molecule has 0 saturated heterocycles. The van der Waals surface area contributed by atoms with E-state index in [1.54, 1.807) is 6.07 Å². The largest absolute Gasteiger partial charge is 0.462 e. The van der Waals surface area contributed by atoms with Crippen molar-refractivity contribution >= 4 is 11.9 Å². The molecule has 1 aromatic carbocycles. The first-order valence-electron chi connectivity index (χ1n) is 7.05. The molecule has 0 atom stereocenters. The van der Waals surface area contributed by atoms with Crippen LogP contribution in [0, 0.1) is 6.07 Å². The van der Waals surface area contributed by atoms with E-state index in [-0.39, 0.29) is 5.97 Å². The third kappa shape index (κ3) is 5.43. The first kappa shape index (κ1) is 16.2. The highest BCUT2D eigenvalue weighted by Gasteiger charge is 2.10. The lowest BCUT2D eigenvalue weighted by atomic mass is 10.1. The van der Waals surface area contributed by atoms with E-state index in [4.69, 9.17) is 9.47 Å². The fourth-order valence-corrected chi connectivity index (χ4v) is 1.46. The van der Waals surface area contributed by atoms with Gasteiger partial charge < -0.3 is 9.47 Å². The van der Waals surface area contributed by atoms with Crippen molar-refractivity contribution in [1.82, 2.24) is 0 Å². The number of esters is 2. The molecule has 0 bridgehead atoms. The molecule has 20 heavy (non-hydrogen) atoms. The summed E-state index contributed by atoms with van der Waals surface area (Å²) in [7, 11) is 0. The molecule has 1 rings (SSSR count). The number of hydrogen-bond donors (Lipinski definition) is 0. The Labute approximate surface area is 120 Å². The van der Waals surface area contributed by atoms with E-state index >= 15 is 0 Å².